The molecule has 1 aromatic heterocycles. The Balaban J connectivity index is 1.72. The van der Waals surface area contributed by atoms with E-state index < -0.39 is 0 Å². The Bertz CT molecular complexity index is 473. The van der Waals surface area contributed by atoms with Crippen LogP contribution in [0, 0.1) is 5.92 Å². The predicted molar refractivity (Wildman–Crippen MR) is 80.7 cm³/mol. The van der Waals surface area contributed by atoms with Crippen molar-refractivity contribution in [3.63, 3.8) is 0 Å². The number of rotatable bonds is 5. The highest BCUT2D eigenvalue weighted by Gasteiger charge is 2.28. The number of likely N-dealkylation sites (tertiary alicyclic amines) is 1. The van der Waals surface area contributed by atoms with Gasteiger partial charge in [0.25, 0.3) is 0 Å². The fraction of sp³-hybridized carbons (Fsp3) is 0.714. The fourth-order valence-electron chi connectivity index (χ4n) is 2.90. The van der Waals surface area contributed by atoms with E-state index in [0.717, 1.165) is 24.1 Å². The number of anilines is 2. The van der Waals surface area contributed by atoms with E-state index in [-0.39, 0.29) is 0 Å². The standard InChI is InChI=1S/C14H24N6/c1-19-6-5-10(8-19)9-20(2)13-7-12(18-15)16-14(17-13)11-3-4-11/h7,10-11H,3-6,8-9,15H2,1-2H3,(H,16,17,18). The molecule has 3 N–H and O–H groups in total. The maximum absolute atomic E-state index is 5.52. The summed E-state index contributed by atoms with van der Waals surface area (Å²) in [6.07, 6.45) is 3.67. The van der Waals surface area contributed by atoms with Crippen LogP contribution in [0.15, 0.2) is 6.07 Å². The van der Waals surface area contributed by atoms with E-state index in [9.17, 15) is 0 Å². The van der Waals surface area contributed by atoms with Crippen LogP contribution >= 0.6 is 0 Å². The van der Waals surface area contributed by atoms with Gasteiger partial charge in [-0.25, -0.2) is 15.8 Å². The quantitative estimate of drug-likeness (QED) is 0.618. The van der Waals surface area contributed by atoms with Gasteiger partial charge in [0.2, 0.25) is 0 Å². The van der Waals surface area contributed by atoms with E-state index in [1.54, 1.807) is 0 Å². The Hall–Kier alpha value is -1.40. The lowest BCUT2D eigenvalue weighted by atomic mass is 10.1. The maximum Gasteiger partial charge on any atom is 0.145 e. The van der Waals surface area contributed by atoms with E-state index in [0.29, 0.717) is 11.7 Å². The molecule has 1 atom stereocenters. The minimum atomic E-state index is 0.535. The molecule has 1 aliphatic heterocycles. The zero-order valence-electron chi connectivity index (χ0n) is 12.3. The number of nitrogens with one attached hydrogen (secondary N) is 1. The molecule has 110 valence electrons. The number of nitrogens with zero attached hydrogens (tertiary/aromatic N) is 4. The summed E-state index contributed by atoms with van der Waals surface area (Å²) in [6, 6.07) is 1.94. The van der Waals surface area contributed by atoms with Crippen molar-refractivity contribution in [3.8, 4) is 0 Å². The van der Waals surface area contributed by atoms with Crippen molar-refractivity contribution in [3.05, 3.63) is 11.9 Å². The molecule has 0 spiro atoms. The molecular weight excluding hydrogens is 252 g/mol. The van der Waals surface area contributed by atoms with E-state index >= 15 is 0 Å². The zero-order chi connectivity index (χ0) is 14.1. The minimum absolute atomic E-state index is 0.535. The SMILES string of the molecule is CN1CCC(CN(C)c2cc(NN)nc(C3CC3)n2)C1. The highest BCUT2D eigenvalue weighted by Crippen LogP contribution is 2.39. The Morgan fingerprint density at radius 1 is 1.40 bits per heavy atom. The lowest BCUT2D eigenvalue weighted by Crippen LogP contribution is -2.28. The lowest BCUT2D eigenvalue weighted by Gasteiger charge is -2.23. The first-order valence-corrected chi connectivity index (χ1v) is 7.41. The molecule has 1 unspecified atom stereocenters. The fourth-order valence-corrected chi connectivity index (χ4v) is 2.90. The van der Waals surface area contributed by atoms with Gasteiger partial charge in [0.1, 0.15) is 17.5 Å². The molecule has 1 saturated carbocycles. The van der Waals surface area contributed by atoms with Crippen LogP contribution in [0.1, 0.15) is 31.0 Å². The number of hydrogen-bond donors (Lipinski definition) is 2. The Kier molecular flexibility index (Phi) is 3.76. The highest BCUT2D eigenvalue weighted by atomic mass is 15.3. The number of nitrogens with two attached hydrogens (primary N) is 1. The van der Waals surface area contributed by atoms with Crippen LogP contribution in [0.5, 0.6) is 0 Å². The van der Waals surface area contributed by atoms with Crippen LogP contribution in [-0.4, -0.2) is 48.6 Å². The van der Waals surface area contributed by atoms with Crippen LogP contribution in [0.3, 0.4) is 0 Å². The van der Waals surface area contributed by atoms with Gasteiger partial charge in [-0.05, 0) is 38.8 Å². The van der Waals surface area contributed by atoms with Gasteiger partial charge in [-0.2, -0.15) is 0 Å². The van der Waals surface area contributed by atoms with Crippen molar-refractivity contribution >= 4 is 11.6 Å². The van der Waals surface area contributed by atoms with Gasteiger partial charge in [0.15, 0.2) is 0 Å². The molecule has 2 heterocycles. The van der Waals surface area contributed by atoms with Gasteiger partial charge in [0, 0.05) is 32.1 Å². The summed E-state index contributed by atoms with van der Waals surface area (Å²) in [5.74, 6) is 9.41. The van der Waals surface area contributed by atoms with Crippen LogP contribution < -0.4 is 16.2 Å². The zero-order valence-corrected chi connectivity index (χ0v) is 12.3. The summed E-state index contributed by atoms with van der Waals surface area (Å²) in [7, 11) is 4.30. The predicted octanol–water partition coefficient (Wildman–Crippen LogP) is 1.03. The van der Waals surface area contributed by atoms with E-state index in [2.05, 4.69) is 34.3 Å². The largest absolute Gasteiger partial charge is 0.359 e. The van der Waals surface area contributed by atoms with Gasteiger partial charge in [-0.15, -0.1) is 0 Å². The summed E-state index contributed by atoms with van der Waals surface area (Å²) in [5, 5.41) is 0. The summed E-state index contributed by atoms with van der Waals surface area (Å²) in [6.45, 7) is 3.41. The second kappa shape index (κ2) is 5.54. The molecule has 1 aliphatic carbocycles. The molecule has 3 rings (SSSR count). The highest BCUT2D eigenvalue weighted by molar-refractivity contribution is 5.49. The monoisotopic (exact) mass is 276 g/mol. The third-order valence-corrected chi connectivity index (χ3v) is 4.23. The smallest absolute Gasteiger partial charge is 0.145 e. The molecule has 2 fully saturated rings. The van der Waals surface area contributed by atoms with Crippen LogP contribution in [0.4, 0.5) is 11.6 Å². The van der Waals surface area contributed by atoms with E-state index in [1.807, 2.05) is 6.07 Å². The second-order valence-electron chi connectivity index (χ2n) is 6.19. The average molecular weight is 276 g/mol. The number of aromatic nitrogens is 2. The van der Waals surface area contributed by atoms with Crippen LogP contribution in [-0.2, 0) is 0 Å². The van der Waals surface area contributed by atoms with E-state index in [4.69, 9.17) is 10.8 Å². The summed E-state index contributed by atoms with van der Waals surface area (Å²) < 4.78 is 0. The number of nitrogen functional groups attached to an aromatic ring is 1. The second-order valence-corrected chi connectivity index (χ2v) is 6.19. The summed E-state index contributed by atoms with van der Waals surface area (Å²) in [4.78, 5) is 13.8. The molecule has 1 saturated heterocycles. The third-order valence-electron chi connectivity index (χ3n) is 4.23. The topological polar surface area (TPSA) is 70.3 Å². The van der Waals surface area contributed by atoms with Crippen molar-refractivity contribution < 1.29 is 0 Å². The van der Waals surface area contributed by atoms with Crippen molar-refractivity contribution in [2.24, 2.45) is 11.8 Å². The van der Waals surface area contributed by atoms with Gasteiger partial charge in [0.05, 0.1) is 0 Å². The molecule has 0 bridgehead atoms. The molecule has 0 radical (unpaired) electrons. The first kappa shape index (κ1) is 13.6. The number of hydrazine groups is 1. The Labute approximate surface area is 120 Å². The minimum Gasteiger partial charge on any atom is -0.359 e. The van der Waals surface area contributed by atoms with Crippen molar-refractivity contribution in [1.29, 1.82) is 0 Å². The maximum atomic E-state index is 5.52. The Morgan fingerprint density at radius 3 is 2.80 bits per heavy atom. The van der Waals surface area contributed by atoms with Gasteiger partial charge in [-0.3, -0.25) is 0 Å². The first-order valence-electron chi connectivity index (χ1n) is 7.41. The first-order chi connectivity index (χ1) is 9.65. The molecule has 0 aromatic carbocycles. The third kappa shape index (κ3) is 3.02. The average Bonchev–Trinajstić information content (AvgIpc) is 3.22. The normalized spacial score (nSPS) is 23.1. The number of hydrogen-bond acceptors (Lipinski definition) is 6. The van der Waals surface area contributed by atoms with Gasteiger partial charge >= 0.3 is 0 Å². The van der Waals surface area contributed by atoms with Crippen molar-refractivity contribution in [2.45, 2.75) is 25.2 Å². The summed E-state index contributed by atoms with van der Waals surface area (Å²) in [5.41, 5.74) is 2.66. The van der Waals surface area contributed by atoms with Crippen molar-refractivity contribution in [1.82, 2.24) is 14.9 Å². The lowest BCUT2D eigenvalue weighted by molar-refractivity contribution is 0.395. The molecule has 1 aromatic rings. The molecule has 6 heteroatoms. The molecule has 6 nitrogen and oxygen atoms in total. The molecule has 0 amide bonds. The van der Waals surface area contributed by atoms with Gasteiger partial charge in [-0.1, -0.05) is 0 Å². The van der Waals surface area contributed by atoms with Crippen LogP contribution in [0.2, 0.25) is 0 Å². The van der Waals surface area contributed by atoms with Crippen molar-refractivity contribution in [2.75, 3.05) is 44.1 Å². The van der Waals surface area contributed by atoms with Gasteiger partial charge < -0.3 is 15.2 Å². The Morgan fingerprint density at radius 2 is 2.20 bits per heavy atom. The molecular formula is C14H24N6. The van der Waals surface area contributed by atoms with Crippen LogP contribution in [0.25, 0.3) is 0 Å². The summed E-state index contributed by atoms with van der Waals surface area (Å²) >= 11 is 0. The van der Waals surface area contributed by atoms with E-state index in [1.165, 1.54) is 32.4 Å². The molecule has 20 heavy (non-hydrogen) atoms. The molecule has 2 aliphatic rings.